The molecule has 0 radical (unpaired) electrons. The second-order valence-electron chi connectivity index (χ2n) is 8.62. The Morgan fingerprint density at radius 2 is 1.76 bits per heavy atom. The first-order valence-electron chi connectivity index (χ1n) is 11.2. The number of carbonyl (C=O) groups is 2. The maximum absolute atomic E-state index is 13.2. The number of carbonyl (C=O) groups excluding carboxylic acids is 2. The number of anilines is 1. The highest BCUT2D eigenvalue weighted by Crippen LogP contribution is 2.36. The van der Waals surface area contributed by atoms with Gasteiger partial charge in [0.25, 0.3) is 0 Å². The highest BCUT2D eigenvalue weighted by atomic mass is 32.2. The summed E-state index contributed by atoms with van der Waals surface area (Å²) < 4.78 is 43.5. The maximum atomic E-state index is 13.2. The normalized spacial score (nSPS) is 21.2. The lowest BCUT2D eigenvalue weighted by atomic mass is 10.1. The van der Waals surface area contributed by atoms with E-state index in [2.05, 4.69) is 5.16 Å². The molecule has 3 aliphatic heterocycles. The van der Waals surface area contributed by atoms with Gasteiger partial charge in [-0.3, -0.25) is 9.59 Å². The molecule has 12 heteroatoms. The van der Waals surface area contributed by atoms with Gasteiger partial charge in [0.15, 0.2) is 17.3 Å². The van der Waals surface area contributed by atoms with Gasteiger partial charge < -0.3 is 23.8 Å². The molecule has 1 aromatic heterocycles. The summed E-state index contributed by atoms with van der Waals surface area (Å²) in [4.78, 5) is 29.2. The van der Waals surface area contributed by atoms with Gasteiger partial charge in [-0.2, -0.15) is 4.31 Å². The molecule has 11 nitrogen and oxygen atoms in total. The van der Waals surface area contributed by atoms with E-state index in [0.717, 1.165) is 0 Å². The van der Waals surface area contributed by atoms with Crippen LogP contribution in [0.2, 0.25) is 0 Å². The Bertz CT molecular complexity index is 1210. The van der Waals surface area contributed by atoms with Crippen LogP contribution < -0.4 is 14.4 Å². The lowest BCUT2D eigenvalue weighted by molar-refractivity contribution is -0.136. The third kappa shape index (κ3) is 3.90. The Hall–Kier alpha value is -3.12. The molecule has 0 saturated carbocycles. The largest absolute Gasteiger partial charge is 0.486 e. The molecule has 5 rings (SSSR count). The lowest BCUT2D eigenvalue weighted by Crippen LogP contribution is -2.52. The van der Waals surface area contributed by atoms with Crippen LogP contribution in [0.3, 0.4) is 0 Å². The van der Waals surface area contributed by atoms with Gasteiger partial charge >= 0.3 is 0 Å². The van der Waals surface area contributed by atoms with Gasteiger partial charge in [-0.1, -0.05) is 5.16 Å². The number of fused-ring (bicyclic) bond motifs is 1. The van der Waals surface area contributed by atoms with Crippen molar-refractivity contribution in [2.45, 2.75) is 25.2 Å². The van der Waals surface area contributed by atoms with E-state index < -0.39 is 15.9 Å². The summed E-state index contributed by atoms with van der Waals surface area (Å²) in [6.45, 7) is 5.23. The number of sulfonamides is 1. The molecule has 0 unspecified atom stereocenters. The number of piperazine rings is 1. The smallest absolute Gasteiger partial charge is 0.248 e. The Kier molecular flexibility index (Phi) is 5.72. The topological polar surface area (TPSA) is 122 Å². The minimum absolute atomic E-state index is 0.0868. The quantitative estimate of drug-likeness (QED) is 0.621. The van der Waals surface area contributed by atoms with Gasteiger partial charge in [0.1, 0.15) is 23.8 Å². The molecule has 0 aliphatic carbocycles. The number of ether oxygens (including phenoxy) is 2. The summed E-state index contributed by atoms with van der Waals surface area (Å²) in [6.07, 6.45) is 0.116. The predicted molar refractivity (Wildman–Crippen MR) is 119 cm³/mol. The van der Waals surface area contributed by atoms with Gasteiger partial charge in [-0.25, -0.2) is 8.42 Å². The Balaban J connectivity index is 1.23. The van der Waals surface area contributed by atoms with Crippen molar-refractivity contribution in [1.29, 1.82) is 0 Å². The van der Waals surface area contributed by atoms with E-state index in [0.29, 0.717) is 36.1 Å². The summed E-state index contributed by atoms with van der Waals surface area (Å²) in [5.41, 5.74) is 0.986. The molecule has 1 atom stereocenters. The van der Waals surface area contributed by atoms with Crippen LogP contribution in [0, 0.1) is 19.8 Å². The number of hydrogen-bond donors (Lipinski definition) is 0. The fourth-order valence-corrected chi connectivity index (χ4v) is 6.41. The Morgan fingerprint density at radius 3 is 2.44 bits per heavy atom. The van der Waals surface area contributed by atoms with Crippen LogP contribution in [0.15, 0.2) is 27.6 Å². The molecule has 2 saturated heterocycles. The number of amides is 2. The van der Waals surface area contributed by atoms with E-state index in [9.17, 15) is 18.0 Å². The summed E-state index contributed by atoms with van der Waals surface area (Å²) in [6, 6.07) is 5.32. The highest BCUT2D eigenvalue weighted by Gasteiger charge is 2.40. The van der Waals surface area contributed by atoms with Crippen LogP contribution in [0.1, 0.15) is 17.9 Å². The minimum atomic E-state index is -3.75. The number of hydrogen-bond acceptors (Lipinski definition) is 8. The third-order valence-electron chi connectivity index (χ3n) is 6.43. The van der Waals surface area contributed by atoms with Gasteiger partial charge in [-0.05, 0) is 26.0 Å². The first-order valence-corrected chi connectivity index (χ1v) is 12.6. The van der Waals surface area contributed by atoms with Crippen molar-refractivity contribution in [3.8, 4) is 11.5 Å². The van der Waals surface area contributed by atoms with Crippen LogP contribution in [0.5, 0.6) is 11.5 Å². The number of rotatable bonds is 4. The standard InChI is InChI=1S/C22H26N4O7S/c1-14-21(15(2)33-23-14)34(29,30)25-7-5-24(6-8-25)22(28)16-11-20(27)26(13-16)17-3-4-18-19(12-17)32-10-9-31-18/h3-4,12,16H,5-11,13H2,1-2H3/t16-/m1/s1. The molecule has 2 fully saturated rings. The summed E-state index contributed by atoms with van der Waals surface area (Å²) in [7, 11) is -3.75. The van der Waals surface area contributed by atoms with Gasteiger partial charge in [0, 0.05) is 50.9 Å². The zero-order chi connectivity index (χ0) is 24.0. The summed E-state index contributed by atoms with van der Waals surface area (Å²) >= 11 is 0. The molecule has 2 amide bonds. The van der Waals surface area contributed by atoms with E-state index >= 15 is 0 Å². The molecule has 0 spiro atoms. The molecule has 0 bridgehead atoms. The van der Waals surface area contributed by atoms with Crippen LogP contribution in [-0.2, 0) is 19.6 Å². The third-order valence-corrected chi connectivity index (χ3v) is 8.57. The molecule has 2 aromatic rings. The monoisotopic (exact) mass is 490 g/mol. The zero-order valence-corrected chi connectivity index (χ0v) is 19.8. The molecule has 0 N–H and O–H groups in total. The van der Waals surface area contributed by atoms with Crippen LogP contribution >= 0.6 is 0 Å². The first kappa shape index (κ1) is 22.7. The van der Waals surface area contributed by atoms with Crippen molar-refractivity contribution >= 4 is 27.5 Å². The average molecular weight is 491 g/mol. The van der Waals surface area contributed by atoms with E-state index in [1.54, 1.807) is 41.8 Å². The molecule has 1 aromatic carbocycles. The van der Waals surface area contributed by atoms with E-state index in [1.165, 1.54) is 4.31 Å². The highest BCUT2D eigenvalue weighted by molar-refractivity contribution is 7.89. The molecular weight excluding hydrogens is 464 g/mol. The van der Waals surface area contributed by atoms with Crippen LogP contribution in [0.4, 0.5) is 5.69 Å². The maximum Gasteiger partial charge on any atom is 0.248 e. The average Bonchev–Trinajstić information content (AvgIpc) is 3.40. The Morgan fingerprint density at radius 1 is 1.06 bits per heavy atom. The number of nitrogens with zero attached hydrogens (tertiary/aromatic N) is 4. The van der Waals surface area contributed by atoms with Gasteiger partial charge in [-0.15, -0.1) is 0 Å². The van der Waals surface area contributed by atoms with Crippen molar-refractivity contribution in [3.05, 3.63) is 29.7 Å². The second-order valence-corrected chi connectivity index (χ2v) is 10.5. The molecular formula is C22H26N4O7S. The van der Waals surface area contributed by atoms with E-state index in [1.807, 2.05) is 0 Å². The van der Waals surface area contributed by atoms with Crippen LogP contribution in [-0.4, -0.2) is 80.5 Å². The number of aryl methyl sites for hydroxylation is 2. The fourth-order valence-electron chi connectivity index (χ4n) is 4.70. The fraction of sp³-hybridized carbons (Fsp3) is 0.500. The SMILES string of the molecule is Cc1noc(C)c1S(=O)(=O)N1CCN(C(=O)[C@@H]2CC(=O)N(c3ccc4c(c3)OCCO4)C2)CC1. The van der Waals surface area contributed by atoms with E-state index in [4.69, 9.17) is 14.0 Å². The van der Waals surface area contributed by atoms with Gasteiger partial charge in [0.2, 0.25) is 21.8 Å². The van der Waals surface area contributed by atoms with Crippen LogP contribution in [0.25, 0.3) is 0 Å². The van der Waals surface area contributed by atoms with Gasteiger partial charge in [0.05, 0.1) is 5.92 Å². The zero-order valence-electron chi connectivity index (χ0n) is 19.0. The van der Waals surface area contributed by atoms with Crippen molar-refractivity contribution in [2.75, 3.05) is 50.8 Å². The molecule has 4 heterocycles. The van der Waals surface area contributed by atoms with Crippen molar-refractivity contribution in [3.63, 3.8) is 0 Å². The number of aromatic nitrogens is 1. The predicted octanol–water partition coefficient (Wildman–Crippen LogP) is 0.949. The first-order chi connectivity index (χ1) is 16.3. The minimum Gasteiger partial charge on any atom is -0.486 e. The lowest BCUT2D eigenvalue weighted by Gasteiger charge is -2.35. The molecule has 34 heavy (non-hydrogen) atoms. The molecule has 182 valence electrons. The second kappa shape index (κ2) is 8.58. The summed E-state index contributed by atoms with van der Waals surface area (Å²) in [5, 5.41) is 3.74. The van der Waals surface area contributed by atoms with Crippen molar-refractivity contribution in [2.24, 2.45) is 5.92 Å². The molecule has 3 aliphatic rings. The van der Waals surface area contributed by atoms with Crippen molar-refractivity contribution < 1.29 is 32.0 Å². The Labute approximate surface area is 197 Å². The van der Waals surface area contributed by atoms with Crippen molar-refractivity contribution in [1.82, 2.24) is 14.4 Å². The van der Waals surface area contributed by atoms with E-state index in [-0.39, 0.29) is 61.6 Å². The summed E-state index contributed by atoms with van der Waals surface area (Å²) in [5.74, 6) is 0.726. The number of benzene rings is 1.